The first-order valence-corrected chi connectivity index (χ1v) is 9.59. The number of carbonyl (C=O) groups excluding carboxylic acids is 3. The van der Waals surface area contributed by atoms with Gasteiger partial charge >= 0.3 is 0 Å². The Balaban J connectivity index is 1.77. The third kappa shape index (κ3) is 3.98. The topological polar surface area (TPSA) is 73.0 Å². The molecule has 0 aromatic heterocycles. The lowest BCUT2D eigenvalue weighted by molar-refractivity contribution is -0.128. The number of piperazine rings is 1. The number of hydrogen-bond donors (Lipinski definition) is 1. The van der Waals surface area contributed by atoms with Crippen molar-refractivity contribution in [1.29, 1.82) is 0 Å². The van der Waals surface area contributed by atoms with Gasteiger partial charge in [0.15, 0.2) is 0 Å². The Morgan fingerprint density at radius 2 is 1.96 bits per heavy atom. The number of hydrogen-bond acceptors (Lipinski definition) is 4. The molecule has 2 aliphatic heterocycles. The van der Waals surface area contributed by atoms with Gasteiger partial charge in [-0.2, -0.15) is 0 Å². The second kappa shape index (κ2) is 8.08. The maximum atomic E-state index is 13.1. The van der Waals surface area contributed by atoms with Gasteiger partial charge in [-0.25, -0.2) is 0 Å². The van der Waals surface area contributed by atoms with Gasteiger partial charge in [0, 0.05) is 56.9 Å². The highest BCUT2D eigenvalue weighted by Crippen LogP contribution is 2.24. The van der Waals surface area contributed by atoms with Crippen molar-refractivity contribution in [2.45, 2.75) is 38.8 Å². The highest BCUT2D eigenvalue weighted by atomic mass is 16.2. The summed E-state index contributed by atoms with van der Waals surface area (Å²) in [4.78, 5) is 43.0. The molecule has 1 aromatic carbocycles. The highest BCUT2D eigenvalue weighted by molar-refractivity contribution is 5.99. The van der Waals surface area contributed by atoms with Gasteiger partial charge in [-0.1, -0.05) is 6.07 Å². The minimum Gasteiger partial charge on any atom is -0.358 e. The molecule has 0 saturated carbocycles. The molecule has 146 valence electrons. The summed E-state index contributed by atoms with van der Waals surface area (Å²) in [5.74, 6) is -0.0664. The largest absolute Gasteiger partial charge is 0.358 e. The van der Waals surface area contributed by atoms with Crippen molar-refractivity contribution in [3.63, 3.8) is 0 Å². The second-order valence-electron chi connectivity index (χ2n) is 7.41. The van der Waals surface area contributed by atoms with Crippen LogP contribution in [-0.2, 0) is 9.59 Å². The number of carbonyl (C=O) groups is 3. The molecule has 0 bridgehead atoms. The van der Waals surface area contributed by atoms with Crippen LogP contribution in [0, 0.1) is 0 Å². The van der Waals surface area contributed by atoms with E-state index < -0.39 is 0 Å². The molecule has 0 radical (unpaired) electrons. The molecule has 1 N–H and O–H groups in total. The average Bonchev–Trinajstić information content (AvgIpc) is 3.12. The summed E-state index contributed by atoms with van der Waals surface area (Å²) in [6.07, 6.45) is 1.41. The van der Waals surface area contributed by atoms with Crippen molar-refractivity contribution in [1.82, 2.24) is 15.1 Å². The van der Waals surface area contributed by atoms with E-state index in [9.17, 15) is 14.4 Å². The van der Waals surface area contributed by atoms with E-state index in [1.807, 2.05) is 12.1 Å². The fourth-order valence-corrected chi connectivity index (χ4v) is 3.91. The first-order chi connectivity index (χ1) is 12.9. The number of nitrogens with one attached hydrogen (secondary N) is 1. The third-order valence-electron chi connectivity index (χ3n) is 5.40. The molecule has 1 atom stereocenters. The second-order valence-corrected chi connectivity index (χ2v) is 7.41. The van der Waals surface area contributed by atoms with E-state index in [0.29, 0.717) is 38.2 Å². The molecule has 7 heteroatoms. The smallest absolute Gasteiger partial charge is 0.254 e. The molecule has 1 aromatic rings. The summed E-state index contributed by atoms with van der Waals surface area (Å²) in [5, 5.41) is 2.71. The van der Waals surface area contributed by atoms with Gasteiger partial charge in [-0.3, -0.25) is 19.3 Å². The minimum absolute atomic E-state index is 0.0717. The number of likely N-dealkylation sites (N-methyl/N-ethyl adjacent to an activating group) is 1. The zero-order chi connectivity index (χ0) is 19.6. The third-order valence-corrected chi connectivity index (χ3v) is 5.40. The highest BCUT2D eigenvalue weighted by Gasteiger charge is 2.35. The molecule has 0 unspecified atom stereocenters. The number of benzene rings is 1. The van der Waals surface area contributed by atoms with Crippen LogP contribution in [0.5, 0.6) is 0 Å². The molecule has 27 heavy (non-hydrogen) atoms. The summed E-state index contributed by atoms with van der Waals surface area (Å²) in [5.41, 5.74) is 1.33. The van der Waals surface area contributed by atoms with E-state index in [-0.39, 0.29) is 29.8 Å². The zero-order valence-corrected chi connectivity index (χ0v) is 16.3. The van der Waals surface area contributed by atoms with E-state index in [1.165, 1.54) is 0 Å². The van der Waals surface area contributed by atoms with Crippen LogP contribution in [0.3, 0.4) is 0 Å². The average molecular weight is 372 g/mol. The summed E-state index contributed by atoms with van der Waals surface area (Å²) in [6.45, 7) is 6.42. The van der Waals surface area contributed by atoms with Crippen molar-refractivity contribution >= 4 is 23.4 Å². The number of rotatable bonds is 4. The molecule has 2 aliphatic rings. The maximum absolute atomic E-state index is 13.1. The summed E-state index contributed by atoms with van der Waals surface area (Å²) >= 11 is 0. The molecular weight excluding hydrogens is 344 g/mol. The first-order valence-electron chi connectivity index (χ1n) is 9.59. The van der Waals surface area contributed by atoms with Gasteiger partial charge in [0.25, 0.3) is 5.91 Å². The van der Waals surface area contributed by atoms with Crippen LogP contribution in [0.2, 0.25) is 0 Å². The van der Waals surface area contributed by atoms with Gasteiger partial charge in [-0.05, 0) is 38.5 Å². The first kappa shape index (κ1) is 19.4. The molecule has 2 heterocycles. The maximum Gasteiger partial charge on any atom is 0.254 e. The lowest BCUT2D eigenvalue weighted by atomic mass is 10.1. The molecule has 7 nitrogen and oxygen atoms in total. The van der Waals surface area contributed by atoms with Gasteiger partial charge in [0.2, 0.25) is 11.8 Å². The molecule has 2 saturated heterocycles. The Labute approximate surface area is 160 Å². The number of amides is 3. The number of anilines is 1. The summed E-state index contributed by atoms with van der Waals surface area (Å²) in [6, 6.07) is 7.12. The standard InChI is InChI=1S/C20H28N4O3/c1-14(2)23-11-10-22(13-17(23)19(26)21-3)20(27)15-6-4-7-16(12-15)24-9-5-8-18(24)25/h4,6-7,12,14,17H,5,8-11,13H2,1-3H3,(H,21,26)/t17-/m0/s1. The van der Waals surface area contributed by atoms with Crippen molar-refractivity contribution in [3.8, 4) is 0 Å². The quantitative estimate of drug-likeness (QED) is 0.859. The van der Waals surface area contributed by atoms with Crippen molar-refractivity contribution in [3.05, 3.63) is 29.8 Å². The van der Waals surface area contributed by atoms with E-state index in [0.717, 1.165) is 12.1 Å². The molecule has 3 rings (SSSR count). The van der Waals surface area contributed by atoms with Crippen molar-refractivity contribution in [2.75, 3.05) is 38.1 Å². The van der Waals surface area contributed by atoms with Crippen LogP contribution < -0.4 is 10.2 Å². The predicted molar refractivity (Wildman–Crippen MR) is 104 cm³/mol. The van der Waals surface area contributed by atoms with Crippen molar-refractivity contribution in [2.24, 2.45) is 0 Å². The monoisotopic (exact) mass is 372 g/mol. The van der Waals surface area contributed by atoms with Gasteiger partial charge < -0.3 is 15.1 Å². The van der Waals surface area contributed by atoms with Crippen LogP contribution in [0.15, 0.2) is 24.3 Å². The van der Waals surface area contributed by atoms with E-state index in [1.54, 1.807) is 29.0 Å². The Bertz CT molecular complexity index is 734. The van der Waals surface area contributed by atoms with Gasteiger partial charge in [0.05, 0.1) is 0 Å². The van der Waals surface area contributed by atoms with Crippen LogP contribution in [0.25, 0.3) is 0 Å². The SMILES string of the molecule is CNC(=O)[C@@H]1CN(C(=O)c2cccc(N3CCCC3=O)c2)CCN1C(C)C. The number of nitrogens with zero attached hydrogens (tertiary/aromatic N) is 3. The van der Waals surface area contributed by atoms with Gasteiger partial charge in [-0.15, -0.1) is 0 Å². The van der Waals surface area contributed by atoms with Crippen LogP contribution in [-0.4, -0.2) is 72.8 Å². The van der Waals surface area contributed by atoms with Crippen LogP contribution in [0.1, 0.15) is 37.0 Å². The molecule has 0 aliphatic carbocycles. The Hall–Kier alpha value is -2.41. The lowest BCUT2D eigenvalue weighted by Gasteiger charge is -2.42. The lowest BCUT2D eigenvalue weighted by Crippen LogP contribution is -2.61. The van der Waals surface area contributed by atoms with Crippen molar-refractivity contribution < 1.29 is 14.4 Å². The molecule has 0 spiro atoms. The summed E-state index contributed by atoms with van der Waals surface area (Å²) < 4.78 is 0. The molecular formula is C20H28N4O3. The fourth-order valence-electron chi connectivity index (χ4n) is 3.91. The van der Waals surface area contributed by atoms with E-state index in [4.69, 9.17) is 0 Å². The van der Waals surface area contributed by atoms with Gasteiger partial charge in [0.1, 0.15) is 6.04 Å². The minimum atomic E-state index is -0.351. The Morgan fingerprint density at radius 1 is 1.19 bits per heavy atom. The summed E-state index contributed by atoms with van der Waals surface area (Å²) in [7, 11) is 1.62. The zero-order valence-electron chi connectivity index (χ0n) is 16.3. The molecule has 3 amide bonds. The van der Waals surface area contributed by atoms with Crippen LogP contribution >= 0.6 is 0 Å². The Kier molecular flexibility index (Phi) is 5.79. The predicted octanol–water partition coefficient (Wildman–Crippen LogP) is 1.09. The van der Waals surface area contributed by atoms with Crippen LogP contribution in [0.4, 0.5) is 5.69 Å². The Morgan fingerprint density at radius 3 is 2.59 bits per heavy atom. The molecule has 2 fully saturated rings. The fraction of sp³-hybridized carbons (Fsp3) is 0.550. The van der Waals surface area contributed by atoms with E-state index in [2.05, 4.69) is 24.1 Å². The normalized spacial score (nSPS) is 21.0. The van der Waals surface area contributed by atoms with E-state index >= 15 is 0 Å².